The molecular formula is C20H22FNO2S. The van der Waals surface area contributed by atoms with Gasteiger partial charge in [-0.15, -0.1) is 0 Å². The Morgan fingerprint density at radius 1 is 1.16 bits per heavy atom. The van der Waals surface area contributed by atoms with E-state index in [1.165, 1.54) is 17.2 Å². The lowest BCUT2D eigenvalue weighted by atomic mass is 10.2. The lowest BCUT2D eigenvalue weighted by Gasteiger charge is -2.28. The molecule has 1 aliphatic heterocycles. The van der Waals surface area contributed by atoms with Gasteiger partial charge in [0.25, 0.3) is 0 Å². The van der Waals surface area contributed by atoms with Crippen LogP contribution < -0.4 is 0 Å². The number of benzene rings is 2. The van der Waals surface area contributed by atoms with E-state index in [1.54, 1.807) is 23.9 Å². The molecule has 0 amide bonds. The molecule has 5 heteroatoms. The lowest BCUT2D eigenvalue weighted by Crippen LogP contribution is -2.37. The summed E-state index contributed by atoms with van der Waals surface area (Å²) in [6, 6.07) is 14.5. The van der Waals surface area contributed by atoms with Crippen LogP contribution >= 0.6 is 11.8 Å². The first kappa shape index (κ1) is 18.1. The van der Waals surface area contributed by atoms with Gasteiger partial charge in [0.15, 0.2) is 0 Å². The Labute approximate surface area is 152 Å². The molecule has 3 nitrogen and oxygen atoms in total. The van der Waals surface area contributed by atoms with E-state index in [0.717, 1.165) is 34.6 Å². The number of ether oxygens (including phenoxy) is 1. The van der Waals surface area contributed by atoms with Gasteiger partial charge in [0.05, 0.1) is 0 Å². The van der Waals surface area contributed by atoms with Crippen molar-refractivity contribution in [2.75, 3.05) is 13.2 Å². The molecule has 1 heterocycles. The van der Waals surface area contributed by atoms with Gasteiger partial charge in [-0.05, 0) is 55.2 Å². The van der Waals surface area contributed by atoms with E-state index in [4.69, 9.17) is 4.74 Å². The molecule has 1 unspecified atom stereocenters. The molecule has 0 radical (unpaired) electrons. The van der Waals surface area contributed by atoms with Gasteiger partial charge in [0.2, 0.25) is 0 Å². The summed E-state index contributed by atoms with van der Waals surface area (Å²) < 4.78 is 18.6. The smallest absolute Gasteiger partial charge is 0.133 e. The van der Waals surface area contributed by atoms with Crippen LogP contribution in [-0.4, -0.2) is 29.7 Å². The molecule has 3 rings (SSSR count). The monoisotopic (exact) mass is 359 g/mol. The number of hydrogen-bond donors (Lipinski definition) is 1. The third kappa shape index (κ3) is 5.41. The van der Waals surface area contributed by atoms with E-state index in [9.17, 15) is 9.60 Å². The molecule has 0 saturated carbocycles. The third-order valence-corrected chi connectivity index (χ3v) is 5.14. The van der Waals surface area contributed by atoms with E-state index in [-0.39, 0.29) is 12.0 Å². The predicted octanol–water partition coefficient (Wildman–Crippen LogP) is 5.21. The number of rotatable bonds is 6. The molecule has 1 atom stereocenters. The minimum absolute atomic E-state index is 0.206. The van der Waals surface area contributed by atoms with Gasteiger partial charge in [-0.1, -0.05) is 42.1 Å². The van der Waals surface area contributed by atoms with Gasteiger partial charge in [0.1, 0.15) is 12.0 Å². The highest BCUT2D eigenvalue weighted by Gasteiger charge is 2.18. The second-order valence-electron chi connectivity index (χ2n) is 5.94. The van der Waals surface area contributed by atoms with Crippen molar-refractivity contribution in [2.24, 2.45) is 0 Å². The predicted molar refractivity (Wildman–Crippen MR) is 98.1 cm³/mol. The second-order valence-corrected chi connectivity index (χ2v) is 7.05. The molecule has 2 aromatic rings. The molecule has 0 aliphatic carbocycles. The molecule has 1 fully saturated rings. The number of nitrogens with zero attached hydrogens (tertiary/aromatic N) is 1. The van der Waals surface area contributed by atoms with Crippen LogP contribution in [0.25, 0.3) is 6.08 Å². The van der Waals surface area contributed by atoms with Gasteiger partial charge in [0, 0.05) is 22.9 Å². The van der Waals surface area contributed by atoms with Crippen LogP contribution in [0.2, 0.25) is 0 Å². The largest absolute Gasteiger partial charge is 0.361 e. The van der Waals surface area contributed by atoms with Crippen molar-refractivity contribution < 1.29 is 14.3 Å². The minimum atomic E-state index is -0.231. The summed E-state index contributed by atoms with van der Waals surface area (Å²) in [6.07, 6.45) is 6.74. The summed E-state index contributed by atoms with van der Waals surface area (Å²) >= 11 is 1.59. The molecule has 0 aromatic heterocycles. The first-order valence-electron chi connectivity index (χ1n) is 8.48. The van der Waals surface area contributed by atoms with Crippen LogP contribution in [0.3, 0.4) is 0 Å². The highest BCUT2D eigenvalue weighted by Crippen LogP contribution is 2.31. The first-order chi connectivity index (χ1) is 12.2. The topological polar surface area (TPSA) is 32.7 Å². The summed E-state index contributed by atoms with van der Waals surface area (Å²) in [6.45, 7) is 1.13. The Balaban J connectivity index is 1.62. The molecule has 2 aromatic carbocycles. The molecule has 0 spiro atoms. The van der Waals surface area contributed by atoms with E-state index in [0.29, 0.717) is 13.2 Å². The standard InChI is InChI=1S/C20H22FNO2S/c21-17-10-12-18(13-11-17)25-19-8-2-1-6-16(19)7-5-14-22(23)20-9-3-4-15-24-20/h1-2,5-8,10-13,20,23H,3-4,9,14-15H2. The number of halogens is 1. The molecule has 1 aliphatic rings. The number of hydroxylamine groups is 2. The maximum absolute atomic E-state index is 13.0. The van der Waals surface area contributed by atoms with E-state index < -0.39 is 0 Å². The molecule has 0 bridgehead atoms. The van der Waals surface area contributed by atoms with E-state index >= 15 is 0 Å². The van der Waals surface area contributed by atoms with Gasteiger partial charge in [-0.25, -0.2) is 4.39 Å². The van der Waals surface area contributed by atoms with Crippen LogP contribution in [-0.2, 0) is 4.74 Å². The second kappa shape index (κ2) is 9.15. The zero-order chi connectivity index (χ0) is 17.5. The normalized spacial score (nSPS) is 18.1. The molecule has 1 N–H and O–H groups in total. The molecule has 1 saturated heterocycles. The zero-order valence-corrected chi connectivity index (χ0v) is 14.8. The Morgan fingerprint density at radius 3 is 2.72 bits per heavy atom. The zero-order valence-electron chi connectivity index (χ0n) is 14.0. The SMILES string of the molecule is ON(CC=Cc1ccccc1Sc1ccc(F)cc1)C1CCCCO1. The lowest BCUT2D eigenvalue weighted by molar-refractivity contribution is -0.221. The summed E-state index contributed by atoms with van der Waals surface area (Å²) in [7, 11) is 0. The quantitative estimate of drug-likeness (QED) is 0.718. The Kier molecular flexibility index (Phi) is 6.64. The summed E-state index contributed by atoms with van der Waals surface area (Å²) in [5.74, 6) is -0.231. The number of hydrogen-bond acceptors (Lipinski definition) is 4. The van der Waals surface area contributed by atoms with Crippen LogP contribution in [0.1, 0.15) is 24.8 Å². The maximum atomic E-state index is 13.0. The van der Waals surface area contributed by atoms with E-state index in [2.05, 4.69) is 0 Å². The van der Waals surface area contributed by atoms with Crippen molar-refractivity contribution in [3.05, 3.63) is 66.0 Å². The molecule has 25 heavy (non-hydrogen) atoms. The summed E-state index contributed by atoms with van der Waals surface area (Å²) in [5.41, 5.74) is 1.06. The van der Waals surface area contributed by atoms with Gasteiger partial charge in [-0.2, -0.15) is 5.06 Å². The van der Waals surface area contributed by atoms with Crippen LogP contribution in [0.4, 0.5) is 4.39 Å². The van der Waals surface area contributed by atoms with Crippen LogP contribution in [0.15, 0.2) is 64.4 Å². The molecule has 132 valence electrons. The van der Waals surface area contributed by atoms with Crippen molar-refractivity contribution >= 4 is 17.8 Å². The fourth-order valence-electron chi connectivity index (χ4n) is 2.70. The van der Waals surface area contributed by atoms with Crippen molar-refractivity contribution in [1.29, 1.82) is 0 Å². The Bertz CT molecular complexity index is 699. The average Bonchev–Trinajstić information content (AvgIpc) is 2.65. The Hall–Kier alpha value is -1.66. The van der Waals surface area contributed by atoms with Crippen LogP contribution in [0, 0.1) is 5.82 Å². The Morgan fingerprint density at radius 2 is 1.96 bits per heavy atom. The van der Waals surface area contributed by atoms with Crippen molar-refractivity contribution in [2.45, 2.75) is 35.3 Å². The first-order valence-corrected chi connectivity index (χ1v) is 9.30. The van der Waals surface area contributed by atoms with Crippen molar-refractivity contribution in [3.63, 3.8) is 0 Å². The third-order valence-electron chi connectivity index (χ3n) is 4.04. The fraction of sp³-hybridized carbons (Fsp3) is 0.300. The minimum Gasteiger partial charge on any atom is -0.361 e. The maximum Gasteiger partial charge on any atom is 0.133 e. The van der Waals surface area contributed by atoms with Gasteiger partial charge < -0.3 is 9.94 Å². The average molecular weight is 359 g/mol. The van der Waals surface area contributed by atoms with Crippen molar-refractivity contribution in [1.82, 2.24) is 5.06 Å². The van der Waals surface area contributed by atoms with Crippen molar-refractivity contribution in [3.8, 4) is 0 Å². The molecular weight excluding hydrogens is 337 g/mol. The van der Waals surface area contributed by atoms with Gasteiger partial charge in [-0.3, -0.25) is 0 Å². The fourth-order valence-corrected chi connectivity index (χ4v) is 3.63. The highest BCUT2D eigenvalue weighted by molar-refractivity contribution is 7.99. The summed E-state index contributed by atoms with van der Waals surface area (Å²) in [5, 5.41) is 11.4. The highest BCUT2D eigenvalue weighted by atomic mass is 32.2. The van der Waals surface area contributed by atoms with Gasteiger partial charge >= 0.3 is 0 Å². The summed E-state index contributed by atoms with van der Waals surface area (Å²) in [4.78, 5) is 2.07. The van der Waals surface area contributed by atoms with Crippen LogP contribution in [0.5, 0.6) is 0 Å². The van der Waals surface area contributed by atoms with E-state index in [1.807, 2.05) is 36.4 Å².